The van der Waals surface area contributed by atoms with Crippen LogP contribution in [-0.2, 0) is 11.3 Å². The number of carbonyl (C=O) groups excluding carboxylic acids is 2. The highest BCUT2D eigenvalue weighted by Crippen LogP contribution is 2.25. The van der Waals surface area contributed by atoms with Gasteiger partial charge in [0.25, 0.3) is 5.91 Å². The minimum atomic E-state index is -0.212. The van der Waals surface area contributed by atoms with Crippen LogP contribution in [0.2, 0.25) is 0 Å². The molecule has 2 aromatic rings. The second kappa shape index (κ2) is 10.1. The van der Waals surface area contributed by atoms with Crippen molar-refractivity contribution in [3.05, 3.63) is 77.9 Å². The Morgan fingerprint density at radius 3 is 2.47 bits per heavy atom. The van der Waals surface area contributed by atoms with E-state index >= 15 is 0 Å². The Labute approximate surface area is 178 Å². The molecule has 1 fully saturated rings. The lowest BCUT2D eigenvalue weighted by Gasteiger charge is -2.38. The highest BCUT2D eigenvalue weighted by atomic mass is 16.5. The summed E-state index contributed by atoms with van der Waals surface area (Å²) in [5.41, 5.74) is 2.83. The van der Waals surface area contributed by atoms with Gasteiger partial charge < -0.3 is 15.0 Å². The fraction of sp³-hybridized carbons (Fsp3) is 0.333. The standard InChI is InChI=1S/C24H29N3O3/c1-4-23(28)25-17-19-8-10-20(11-9-19)24(29)27-14-12-26(13-15-27)18(2)21-6-5-7-22(16-21)30-3/h4-11,16,18H,1,12-15,17H2,2-3H3,(H,25,28). The van der Waals surface area contributed by atoms with Gasteiger partial charge in [-0.3, -0.25) is 14.5 Å². The monoisotopic (exact) mass is 407 g/mol. The largest absolute Gasteiger partial charge is 0.497 e. The van der Waals surface area contributed by atoms with E-state index in [9.17, 15) is 9.59 Å². The number of nitrogens with one attached hydrogen (secondary N) is 1. The van der Waals surface area contributed by atoms with E-state index in [0.717, 1.165) is 24.4 Å². The van der Waals surface area contributed by atoms with Gasteiger partial charge in [-0.2, -0.15) is 0 Å². The van der Waals surface area contributed by atoms with Gasteiger partial charge >= 0.3 is 0 Å². The fourth-order valence-electron chi connectivity index (χ4n) is 3.63. The fourth-order valence-corrected chi connectivity index (χ4v) is 3.63. The van der Waals surface area contributed by atoms with Gasteiger partial charge in [0.15, 0.2) is 0 Å². The summed E-state index contributed by atoms with van der Waals surface area (Å²) < 4.78 is 5.33. The van der Waals surface area contributed by atoms with E-state index in [0.29, 0.717) is 25.2 Å². The average Bonchev–Trinajstić information content (AvgIpc) is 2.82. The molecule has 6 nitrogen and oxygen atoms in total. The zero-order chi connectivity index (χ0) is 21.5. The lowest BCUT2D eigenvalue weighted by molar-refractivity contribution is -0.116. The molecule has 0 saturated carbocycles. The van der Waals surface area contributed by atoms with Gasteiger partial charge in [-0.25, -0.2) is 0 Å². The Kier molecular flexibility index (Phi) is 7.25. The average molecular weight is 408 g/mol. The second-order valence-electron chi connectivity index (χ2n) is 7.40. The van der Waals surface area contributed by atoms with Gasteiger partial charge in [0.1, 0.15) is 5.75 Å². The molecule has 1 N–H and O–H groups in total. The molecule has 1 saturated heterocycles. The predicted octanol–water partition coefficient (Wildman–Crippen LogP) is 3.02. The Morgan fingerprint density at radius 2 is 1.83 bits per heavy atom. The first-order chi connectivity index (χ1) is 14.5. The van der Waals surface area contributed by atoms with Crippen LogP contribution in [0.5, 0.6) is 5.75 Å². The summed E-state index contributed by atoms with van der Waals surface area (Å²) in [5, 5.41) is 2.73. The van der Waals surface area contributed by atoms with Gasteiger partial charge in [0, 0.05) is 44.3 Å². The lowest BCUT2D eigenvalue weighted by Crippen LogP contribution is -2.49. The van der Waals surface area contributed by atoms with Crippen LogP contribution in [0.1, 0.15) is 34.5 Å². The summed E-state index contributed by atoms with van der Waals surface area (Å²) >= 11 is 0. The number of rotatable bonds is 7. The van der Waals surface area contributed by atoms with Crippen LogP contribution in [0.15, 0.2) is 61.2 Å². The van der Waals surface area contributed by atoms with E-state index in [1.165, 1.54) is 11.6 Å². The minimum Gasteiger partial charge on any atom is -0.497 e. The van der Waals surface area contributed by atoms with E-state index in [1.807, 2.05) is 41.3 Å². The van der Waals surface area contributed by atoms with Gasteiger partial charge in [-0.15, -0.1) is 0 Å². The summed E-state index contributed by atoms with van der Waals surface area (Å²) in [6, 6.07) is 15.8. The third-order valence-electron chi connectivity index (χ3n) is 5.58. The molecule has 1 unspecified atom stereocenters. The molecule has 158 valence electrons. The summed E-state index contributed by atoms with van der Waals surface area (Å²) in [6.45, 7) is 9.09. The van der Waals surface area contributed by atoms with Crippen LogP contribution in [-0.4, -0.2) is 54.9 Å². The second-order valence-corrected chi connectivity index (χ2v) is 7.40. The molecule has 6 heteroatoms. The maximum absolute atomic E-state index is 12.9. The highest BCUT2D eigenvalue weighted by Gasteiger charge is 2.25. The van der Waals surface area contributed by atoms with Crippen molar-refractivity contribution in [2.75, 3.05) is 33.3 Å². The Bertz CT molecular complexity index is 887. The summed E-state index contributed by atoms with van der Waals surface area (Å²) in [6.07, 6.45) is 1.24. The molecule has 0 bridgehead atoms. The van der Waals surface area contributed by atoms with Crippen LogP contribution >= 0.6 is 0 Å². The maximum atomic E-state index is 12.9. The molecule has 0 radical (unpaired) electrons. The normalized spacial score (nSPS) is 15.3. The van der Waals surface area contributed by atoms with Crippen molar-refractivity contribution in [1.82, 2.24) is 15.1 Å². The Balaban J connectivity index is 1.54. The maximum Gasteiger partial charge on any atom is 0.253 e. The number of benzene rings is 2. The Morgan fingerprint density at radius 1 is 1.13 bits per heavy atom. The molecule has 1 aliphatic rings. The van der Waals surface area contributed by atoms with E-state index in [-0.39, 0.29) is 17.9 Å². The SMILES string of the molecule is C=CC(=O)NCc1ccc(C(=O)N2CCN(C(C)c3cccc(OC)c3)CC2)cc1. The number of hydrogen-bond acceptors (Lipinski definition) is 4. The summed E-state index contributed by atoms with van der Waals surface area (Å²) in [7, 11) is 1.68. The summed E-state index contributed by atoms with van der Waals surface area (Å²) in [5.74, 6) is 0.697. The van der Waals surface area contributed by atoms with E-state index in [4.69, 9.17) is 4.74 Å². The number of hydrogen-bond donors (Lipinski definition) is 1. The number of amides is 2. The molecule has 0 aliphatic carbocycles. The third-order valence-corrected chi connectivity index (χ3v) is 5.58. The zero-order valence-electron chi connectivity index (χ0n) is 17.6. The van der Waals surface area contributed by atoms with E-state index in [1.54, 1.807) is 7.11 Å². The molecule has 1 atom stereocenters. The van der Waals surface area contributed by atoms with Gasteiger partial charge in [-0.1, -0.05) is 30.8 Å². The van der Waals surface area contributed by atoms with Gasteiger partial charge in [0.05, 0.1) is 7.11 Å². The van der Waals surface area contributed by atoms with E-state index < -0.39 is 0 Å². The van der Waals surface area contributed by atoms with Crippen molar-refractivity contribution in [1.29, 1.82) is 0 Å². The zero-order valence-corrected chi connectivity index (χ0v) is 17.6. The molecule has 30 heavy (non-hydrogen) atoms. The molecule has 1 heterocycles. The van der Waals surface area contributed by atoms with Crippen LogP contribution in [0.25, 0.3) is 0 Å². The first kappa shape index (κ1) is 21.6. The van der Waals surface area contributed by atoms with Crippen molar-refractivity contribution >= 4 is 11.8 Å². The number of nitrogens with zero attached hydrogens (tertiary/aromatic N) is 2. The van der Waals surface area contributed by atoms with Crippen LogP contribution in [0.4, 0.5) is 0 Å². The van der Waals surface area contributed by atoms with Gasteiger partial charge in [0.2, 0.25) is 5.91 Å². The molecule has 0 aromatic heterocycles. The first-order valence-corrected chi connectivity index (χ1v) is 10.2. The molecule has 3 rings (SSSR count). The molecular formula is C24H29N3O3. The molecule has 0 spiro atoms. The number of methoxy groups -OCH3 is 1. The number of piperazine rings is 1. The van der Waals surface area contributed by atoms with Crippen molar-refractivity contribution in [2.45, 2.75) is 19.5 Å². The van der Waals surface area contributed by atoms with Crippen LogP contribution < -0.4 is 10.1 Å². The quantitative estimate of drug-likeness (QED) is 0.717. The van der Waals surface area contributed by atoms with Gasteiger partial charge in [-0.05, 0) is 48.4 Å². The van der Waals surface area contributed by atoms with Crippen LogP contribution in [0.3, 0.4) is 0 Å². The van der Waals surface area contributed by atoms with Crippen molar-refractivity contribution < 1.29 is 14.3 Å². The predicted molar refractivity (Wildman–Crippen MR) is 117 cm³/mol. The summed E-state index contributed by atoms with van der Waals surface area (Å²) in [4.78, 5) is 28.4. The number of carbonyl (C=O) groups is 2. The van der Waals surface area contributed by atoms with Crippen molar-refractivity contribution in [3.8, 4) is 5.75 Å². The topological polar surface area (TPSA) is 61.9 Å². The molecular weight excluding hydrogens is 378 g/mol. The Hall–Kier alpha value is -3.12. The molecule has 2 amide bonds. The molecule has 1 aliphatic heterocycles. The highest BCUT2D eigenvalue weighted by molar-refractivity contribution is 5.94. The van der Waals surface area contributed by atoms with Crippen LogP contribution in [0, 0.1) is 0 Å². The van der Waals surface area contributed by atoms with Crippen molar-refractivity contribution in [2.24, 2.45) is 0 Å². The first-order valence-electron chi connectivity index (χ1n) is 10.2. The van der Waals surface area contributed by atoms with E-state index in [2.05, 4.69) is 35.9 Å². The van der Waals surface area contributed by atoms with Crippen molar-refractivity contribution in [3.63, 3.8) is 0 Å². The number of ether oxygens (including phenoxy) is 1. The minimum absolute atomic E-state index is 0.0466. The molecule has 2 aromatic carbocycles. The lowest BCUT2D eigenvalue weighted by atomic mass is 10.1. The third kappa shape index (κ3) is 5.27. The smallest absolute Gasteiger partial charge is 0.253 e.